The SMILES string of the molecule is CC(C)(C)NC(=O)O.CC(C)[C@H](NNC1N=C(c2ccccc2)c2ccccc2N(C)C1=O)C(=O)O. The number of carboxylic acid groups (broad SMARTS) is 2. The van der Waals surface area contributed by atoms with Crippen LogP contribution < -0.4 is 21.1 Å². The number of para-hydroxylation sites is 1. The summed E-state index contributed by atoms with van der Waals surface area (Å²) in [7, 11) is 1.69. The number of fused-ring (bicyclic) bond motifs is 1. The van der Waals surface area contributed by atoms with Gasteiger partial charge in [0, 0.05) is 23.7 Å². The van der Waals surface area contributed by atoms with Crippen molar-refractivity contribution in [2.75, 3.05) is 11.9 Å². The third-order valence-electron chi connectivity index (χ3n) is 5.18. The van der Waals surface area contributed by atoms with Crippen molar-refractivity contribution in [3.63, 3.8) is 0 Å². The van der Waals surface area contributed by atoms with Crippen LogP contribution in [0.4, 0.5) is 10.5 Å². The van der Waals surface area contributed by atoms with E-state index in [2.05, 4.69) is 21.2 Å². The maximum absolute atomic E-state index is 13.0. The molecule has 0 aromatic heterocycles. The minimum absolute atomic E-state index is 0.168. The molecule has 36 heavy (non-hydrogen) atoms. The predicted octanol–water partition coefficient (Wildman–Crippen LogP) is 3.08. The number of nitrogens with one attached hydrogen (secondary N) is 3. The van der Waals surface area contributed by atoms with Gasteiger partial charge in [0.2, 0.25) is 0 Å². The number of carboxylic acids is 1. The number of benzene rings is 2. The van der Waals surface area contributed by atoms with E-state index in [4.69, 9.17) is 5.11 Å². The Morgan fingerprint density at radius 3 is 2.08 bits per heavy atom. The molecule has 2 aromatic carbocycles. The first-order valence-electron chi connectivity index (χ1n) is 11.6. The lowest BCUT2D eigenvalue weighted by Gasteiger charge is -2.24. The molecule has 0 saturated carbocycles. The zero-order valence-electron chi connectivity index (χ0n) is 21.4. The number of rotatable bonds is 6. The van der Waals surface area contributed by atoms with Crippen molar-refractivity contribution in [2.24, 2.45) is 10.9 Å². The van der Waals surface area contributed by atoms with Crippen molar-refractivity contribution >= 4 is 29.4 Å². The van der Waals surface area contributed by atoms with E-state index in [0.717, 1.165) is 16.8 Å². The van der Waals surface area contributed by atoms with Crippen LogP contribution in [0.3, 0.4) is 0 Å². The Morgan fingerprint density at radius 1 is 1.00 bits per heavy atom. The van der Waals surface area contributed by atoms with Gasteiger partial charge in [-0.15, -0.1) is 0 Å². The molecule has 0 radical (unpaired) electrons. The molecule has 5 N–H and O–H groups in total. The van der Waals surface area contributed by atoms with E-state index in [-0.39, 0.29) is 17.4 Å². The van der Waals surface area contributed by atoms with Gasteiger partial charge in [-0.25, -0.2) is 15.6 Å². The van der Waals surface area contributed by atoms with Crippen LogP contribution >= 0.6 is 0 Å². The minimum atomic E-state index is -0.993. The first-order chi connectivity index (χ1) is 16.8. The molecule has 194 valence electrons. The first kappa shape index (κ1) is 28.5. The molecule has 2 amide bonds. The van der Waals surface area contributed by atoms with Crippen molar-refractivity contribution in [1.82, 2.24) is 16.2 Å². The summed E-state index contributed by atoms with van der Waals surface area (Å²) < 4.78 is 0. The summed E-state index contributed by atoms with van der Waals surface area (Å²) in [5.41, 5.74) is 8.40. The number of aliphatic imine (C=N–C) groups is 1. The second-order valence-electron chi connectivity index (χ2n) is 9.69. The molecule has 1 heterocycles. The van der Waals surface area contributed by atoms with Gasteiger partial charge >= 0.3 is 12.1 Å². The number of carbonyl (C=O) groups excluding carboxylic acids is 1. The number of amides is 2. The van der Waals surface area contributed by atoms with Crippen molar-refractivity contribution < 1.29 is 24.6 Å². The van der Waals surface area contributed by atoms with Crippen LogP contribution in [0.2, 0.25) is 0 Å². The Balaban J connectivity index is 0.000000493. The van der Waals surface area contributed by atoms with Gasteiger partial charge in [-0.3, -0.25) is 14.6 Å². The fraction of sp³-hybridized carbons (Fsp3) is 0.385. The average molecular weight is 498 g/mol. The van der Waals surface area contributed by atoms with Gasteiger partial charge in [-0.1, -0.05) is 62.4 Å². The van der Waals surface area contributed by atoms with E-state index in [1.807, 2.05) is 54.6 Å². The van der Waals surface area contributed by atoms with Crippen LogP contribution in [-0.4, -0.2) is 58.7 Å². The zero-order chi connectivity index (χ0) is 27.0. The van der Waals surface area contributed by atoms with Crippen LogP contribution in [0.5, 0.6) is 0 Å². The average Bonchev–Trinajstić information content (AvgIpc) is 2.89. The van der Waals surface area contributed by atoms with Gasteiger partial charge in [0.05, 0.1) is 11.4 Å². The molecule has 0 aliphatic carbocycles. The number of benzodiazepines with no additional fused rings is 1. The molecule has 1 unspecified atom stereocenters. The molecule has 0 spiro atoms. The van der Waals surface area contributed by atoms with Gasteiger partial charge in [0.25, 0.3) is 5.91 Å². The van der Waals surface area contributed by atoms with Gasteiger partial charge in [-0.05, 0) is 32.8 Å². The highest BCUT2D eigenvalue weighted by Gasteiger charge is 2.31. The van der Waals surface area contributed by atoms with Crippen LogP contribution in [-0.2, 0) is 9.59 Å². The van der Waals surface area contributed by atoms with E-state index in [9.17, 15) is 19.5 Å². The smallest absolute Gasteiger partial charge is 0.405 e. The molecule has 0 fully saturated rings. The summed E-state index contributed by atoms with van der Waals surface area (Å²) >= 11 is 0. The third kappa shape index (κ3) is 7.89. The van der Waals surface area contributed by atoms with E-state index in [1.54, 1.807) is 46.6 Å². The lowest BCUT2D eigenvalue weighted by atomic mass is 10.0. The Morgan fingerprint density at radius 2 is 1.58 bits per heavy atom. The number of nitrogens with zero attached hydrogens (tertiary/aromatic N) is 2. The fourth-order valence-corrected chi connectivity index (χ4v) is 3.45. The van der Waals surface area contributed by atoms with Gasteiger partial charge in [0.1, 0.15) is 6.04 Å². The number of likely N-dealkylation sites (N-methyl/N-ethyl adjacent to an activating group) is 1. The summed E-state index contributed by atoms with van der Waals surface area (Å²) in [5, 5.41) is 19.8. The first-order valence-corrected chi connectivity index (χ1v) is 11.6. The summed E-state index contributed by atoms with van der Waals surface area (Å²) in [6.45, 7) is 8.97. The lowest BCUT2D eigenvalue weighted by molar-refractivity contribution is -0.141. The molecular formula is C26H35N5O5. The van der Waals surface area contributed by atoms with Crippen molar-refractivity contribution in [3.8, 4) is 0 Å². The van der Waals surface area contributed by atoms with Crippen molar-refractivity contribution in [3.05, 3.63) is 65.7 Å². The van der Waals surface area contributed by atoms with Gasteiger partial charge < -0.3 is 20.4 Å². The quantitative estimate of drug-likeness (QED) is 0.386. The predicted molar refractivity (Wildman–Crippen MR) is 139 cm³/mol. The van der Waals surface area contributed by atoms with Crippen LogP contribution in [0.15, 0.2) is 59.6 Å². The number of hydrogen-bond acceptors (Lipinski definition) is 6. The van der Waals surface area contributed by atoms with Crippen molar-refractivity contribution in [2.45, 2.75) is 52.4 Å². The summed E-state index contributed by atoms with van der Waals surface area (Å²) in [6, 6.07) is 16.3. The minimum Gasteiger partial charge on any atom is -0.480 e. The van der Waals surface area contributed by atoms with E-state index in [1.165, 1.54) is 0 Å². The number of hydrazine groups is 1. The Hall–Kier alpha value is -3.76. The number of carbonyl (C=O) groups is 3. The fourth-order valence-electron chi connectivity index (χ4n) is 3.45. The largest absolute Gasteiger partial charge is 0.480 e. The highest BCUT2D eigenvalue weighted by Crippen LogP contribution is 2.27. The molecule has 1 aliphatic rings. The molecule has 10 heteroatoms. The van der Waals surface area contributed by atoms with Crippen LogP contribution in [0.1, 0.15) is 45.7 Å². The summed E-state index contributed by atoms with van der Waals surface area (Å²) in [6.07, 6.45) is -1.94. The summed E-state index contributed by atoms with van der Waals surface area (Å²) in [4.78, 5) is 40.6. The molecule has 10 nitrogen and oxygen atoms in total. The molecule has 1 aliphatic heterocycles. The van der Waals surface area contributed by atoms with Crippen LogP contribution in [0, 0.1) is 5.92 Å². The second-order valence-corrected chi connectivity index (χ2v) is 9.69. The van der Waals surface area contributed by atoms with E-state index < -0.39 is 24.3 Å². The van der Waals surface area contributed by atoms with Crippen molar-refractivity contribution in [1.29, 1.82) is 0 Å². The monoisotopic (exact) mass is 497 g/mol. The Bertz CT molecular complexity index is 1100. The molecule has 2 atom stereocenters. The van der Waals surface area contributed by atoms with E-state index >= 15 is 0 Å². The maximum atomic E-state index is 13.0. The lowest BCUT2D eigenvalue weighted by Crippen LogP contribution is -2.55. The topological polar surface area (TPSA) is 143 Å². The Kier molecular flexibility index (Phi) is 9.71. The Labute approximate surface area is 211 Å². The highest BCUT2D eigenvalue weighted by atomic mass is 16.4. The number of hydrogen-bond donors (Lipinski definition) is 5. The zero-order valence-corrected chi connectivity index (χ0v) is 21.4. The summed E-state index contributed by atoms with van der Waals surface area (Å²) in [5.74, 6) is -1.44. The maximum Gasteiger partial charge on any atom is 0.405 e. The van der Waals surface area contributed by atoms with Crippen LogP contribution in [0.25, 0.3) is 0 Å². The number of aliphatic carboxylic acids is 1. The second kappa shape index (κ2) is 12.3. The van der Waals surface area contributed by atoms with Gasteiger partial charge in [-0.2, -0.15) is 0 Å². The van der Waals surface area contributed by atoms with Gasteiger partial charge in [0.15, 0.2) is 6.17 Å². The molecule has 0 saturated heterocycles. The molecule has 3 rings (SSSR count). The normalized spacial score (nSPS) is 16.2. The highest BCUT2D eigenvalue weighted by molar-refractivity contribution is 6.19. The molecule has 0 bridgehead atoms. The third-order valence-corrected chi connectivity index (χ3v) is 5.18. The standard InChI is InChI=1S/C21H24N4O3.C5H11NO2/c1-13(2)17(21(27)28)23-24-19-20(26)25(3)16-12-8-7-11-15(16)18(22-19)14-9-5-4-6-10-14;1-5(2,3)6-4(7)8/h4-13,17,19,23-24H,1-3H3,(H,27,28);6H,1-3H3,(H,7,8)/t17-,19?;/m0./s1. The van der Waals surface area contributed by atoms with E-state index in [0.29, 0.717) is 5.71 Å². The molecular weight excluding hydrogens is 462 g/mol. The molecule has 2 aromatic rings. The number of anilines is 1.